The van der Waals surface area contributed by atoms with Crippen LogP contribution < -0.4 is 10.1 Å². The van der Waals surface area contributed by atoms with Gasteiger partial charge in [0.05, 0.1) is 5.75 Å². The van der Waals surface area contributed by atoms with Gasteiger partial charge in [-0.15, -0.1) is 10.2 Å². The number of amides is 1. The van der Waals surface area contributed by atoms with Gasteiger partial charge in [-0.1, -0.05) is 48.2 Å². The molecule has 1 aromatic heterocycles. The van der Waals surface area contributed by atoms with Gasteiger partial charge in [-0.3, -0.25) is 4.79 Å². The third-order valence-corrected chi connectivity index (χ3v) is 5.83. The van der Waals surface area contributed by atoms with Crippen molar-refractivity contribution in [3.63, 3.8) is 0 Å². The number of hydrogen-bond acceptors (Lipinski definition) is 5. The maximum Gasteiger partial charge on any atom is 0.230 e. The maximum absolute atomic E-state index is 12.2. The number of aromatic nitrogens is 3. The summed E-state index contributed by atoms with van der Waals surface area (Å²) in [5, 5.41) is 12.2. The van der Waals surface area contributed by atoms with Crippen molar-refractivity contribution in [3.05, 3.63) is 71.0 Å². The number of carbonyl (C=O) groups excluding carboxylic acids is 1. The zero-order chi connectivity index (χ0) is 21.3. The van der Waals surface area contributed by atoms with E-state index in [-0.39, 0.29) is 5.91 Å². The molecule has 0 saturated heterocycles. The molecule has 0 aliphatic carbocycles. The minimum Gasteiger partial charge on any atom is -0.486 e. The van der Waals surface area contributed by atoms with E-state index in [1.165, 1.54) is 28.5 Å². The normalized spacial score (nSPS) is 10.8. The first-order valence-corrected chi connectivity index (χ1v) is 11.1. The average Bonchev–Trinajstić information content (AvgIpc) is 3.15. The molecule has 0 spiro atoms. The molecule has 6 nitrogen and oxygen atoms in total. The van der Waals surface area contributed by atoms with Crippen molar-refractivity contribution in [2.75, 3.05) is 12.3 Å². The Balaban J connectivity index is 1.48. The highest BCUT2D eigenvalue weighted by Gasteiger charge is 2.14. The summed E-state index contributed by atoms with van der Waals surface area (Å²) in [6.45, 7) is 7.86. The quantitative estimate of drug-likeness (QED) is 0.499. The Hall–Kier alpha value is -2.80. The molecule has 3 rings (SSSR count). The van der Waals surface area contributed by atoms with Gasteiger partial charge in [0.1, 0.15) is 12.4 Å². The zero-order valence-corrected chi connectivity index (χ0v) is 18.5. The summed E-state index contributed by atoms with van der Waals surface area (Å²) in [7, 11) is 0. The van der Waals surface area contributed by atoms with Crippen LogP contribution in [0.5, 0.6) is 5.75 Å². The second-order valence-electron chi connectivity index (χ2n) is 7.05. The lowest BCUT2D eigenvalue weighted by atomic mass is 10.1. The number of aryl methyl sites for hydroxylation is 2. The van der Waals surface area contributed by atoms with E-state index in [0.29, 0.717) is 18.9 Å². The third kappa shape index (κ3) is 6.10. The fourth-order valence-electron chi connectivity index (χ4n) is 2.97. The van der Waals surface area contributed by atoms with E-state index in [1.54, 1.807) is 0 Å². The smallest absolute Gasteiger partial charge is 0.230 e. The summed E-state index contributed by atoms with van der Waals surface area (Å²) in [6, 6.07) is 16.2. The van der Waals surface area contributed by atoms with Gasteiger partial charge in [0.25, 0.3) is 0 Å². The minimum absolute atomic E-state index is 0.00508. The lowest BCUT2D eigenvalue weighted by molar-refractivity contribution is -0.118. The van der Waals surface area contributed by atoms with E-state index in [4.69, 9.17) is 4.74 Å². The van der Waals surface area contributed by atoms with Crippen molar-refractivity contribution in [2.24, 2.45) is 0 Å². The van der Waals surface area contributed by atoms with Crippen molar-refractivity contribution >= 4 is 17.7 Å². The highest BCUT2D eigenvalue weighted by Crippen LogP contribution is 2.20. The van der Waals surface area contributed by atoms with Crippen LogP contribution >= 0.6 is 11.8 Å². The molecule has 7 heteroatoms. The second-order valence-corrected chi connectivity index (χ2v) is 7.99. The lowest BCUT2D eigenvalue weighted by Gasteiger charge is -2.10. The number of thioether (sulfide) groups is 1. The van der Waals surface area contributed by atoms with Crippen LogP contribution in [0.1, 0.15) is 29.4 Å². The van der Waals surface area contributed by atoms with Crippen LogP contribution in [0.2, 0.25) is 0 Å². The molecule has 0 radical (unpaired) electrons. The molecule has 0 aliphatic rings. The van der Waals surface area contributed by atoms with Crippen LogP contribution in [-0.4, -0.2) is 33.0 Å². The van der Waals surface area contributed by atoms with Gasteiger partial charge >= 0.3 is 0 Å². The highest BCUT2D eigenvalue weighted by molar-refractivity contribution is 7.99. The molecule has 0 fully saturated rings. The van der Waals surface area contributed by atoms with E-state index in [9.17, 15) is 4.79 Å². The second kappa shape index (κ2) is 10.8. The molecule has 0 saturated carbocycles. The SMILES string of the molecule is CCn1c(COc2ccc(C)c(C)c2)nnc1SCC(=O)NCCc1ccccc1. The Morgan fingerprint density at radius 3 is 2.63 bits per heavy atom. The van der Waals surface area contributed by atoms with Crippen LogP contribution in [0, 0.1) is 13.8 Å². The summed E-state index contributed by atoms with van der Waals surface area (Å²) >= 11 is 1.39. The largest absolute Gasteiger partial charge is 0.486 e. The molecular weight excluding hydrogens is 396 g/mol. The summed E-state index contributed by atoms with van der Waals surface area (Å²) in [6.07, 6.45) is 0.822. The number of nitrogens with one attached hydrogen (secondary N) is 1. The Bertz CT molecular complexity index is 973. The number of hydrogen-bond donors (Lipinski definition) is 1. The van der Waals surface area contributed by atoms with Gasteiger partial charge in [-0.25, -0.2) is 0 Å². The zero-order valence-electron chi connectivity index (χ0n) is 17.7. The summed E-state index contributed by atoms with van der Waals surface area (Å²) in [4.78, 5) is 12.2. The van der Waals surface area contributed by atoms with Crippen molar-refractivity contribution < 1.29 is 9.53 Å². The molecule has 0 aliphatic heterocycles. The first-order valence-electron chi connectivity index (χ1n) is 10.1. The molecule has 1 N–H and O–H groups in total. The Labute approximate surface area is 182 Å². The molecule has 3 aromatic rings. The van der Waals surface area contributed by atoms with Crippen molar-refractivity contribution in [1.29, 1.82) is 0 Å². The summed E-state index contributed by atoms with van der Waals surface area (Å²) in [5.41, 5.74) is 3.64. The van der Waals surface area contributed by atoms with Gasteiger partial charge in [0, 0.05) is 13.1 Å². The molecule has 30 heavy (non-hydrogen) atoms. The summed E-state index contributed by atoms with van der Waals surface area (Å²) < 4.78 is 7.88. The Morgan fingerprint density at radius 1 is 1.10 bits per heavy atom. The van der Waals surface area contributed by atoms with Crippen molar-refractivity contribution in [3.8, 4) is 5.75 Å². The molecule has 1 heterocycles. The third-order valence-electron chi connectivity index (χ3n) is 4.87. The Kier molecular flexibility index (Phi) is 7.90. The molecule has 158 valence electrons. The van der Waals surface area contributed by atoms with Crippen molar-refractivity contribution in [2.45, 2.75) is 45.5 Å². The van der Waals surface area contributed by atoms with Crippen LogP contribution in [0.15, 0.2) is 53.7 Å². The van der Waals surface area contributed by atoms with Gasteiger partial charge < -0.3 is 14.6 Å². The summed E-state index contributed by atoms with van der Waals surface area (Å²) in [5.74, 6) is 1.87. The van der Waals surface area contributed by atoms with E-state index in [0.717, 1.165) is 29.7 Å². The Morgan fingerprint density at radius 2 is 1.90 bits per heavy atom. The van der Waals surface area contributed by atoms with Crippen LogP contribution in [-0.2, 0) is 24.4 Å². The van der Waals surface area contributed by atoms with Crippen LogP contribution in [0.4, 0.5) is 0 Å². The molecule has 2 aromatic carbocycles. The molecular formula is C23H28N4O2S. The molecule has 1 amide bonds. The van der Waals surface area contributed by atoms with E-state index < -0.39 is 0 Å². The topological polar surface area (TPSA) is 69.0 Å². The average molecular weight is 425 g/mol. The van der Waals surface area contributed by atoms with Gasteiger partial charge in [-0.05, 0) is 56.0 Å². The molecule has 0 bridgehead atoms. The number of carbonyl (C=O) groups is 1. The number of nitrogens with zero attached hydrogens (tertiary/aromatic N) is 3. The fraction of sp³-hybridized carbons (Fsp3) is 0.348. The van der Waals surface area contributed by atoms with E-state index in [2.05, 4.69) is 41.5 Å². The van der Waals surface area contributed by atoms with E-state index >= 15 is 0 Å². The predicted molar refractivity (Wildman–Crippen MR) is 120 cm³/mol. The van der Waals surface area contributed by atoms with Crippen LogP contribution in [0.3, 0.4) is 0 Å². The molecule has 0 unspecified atom stereocenters. The minimum atomic E-state index is -0.00508. The monoisotopic (exact) mass is 424 g/mol. The lowest BCUT2D eigenvalue weighted by Crippen LogP contribution is -2.27. The van der Waals surface area contributed by atoms with Gasteiger partial charge in [0.2, 0.25) is 5.91 Å². The first kappa shape index (κ1) is 21.9. The van der Waals surface area contributed by atoms with Gasteiger partial charge in [0.15, 0.2) is 11.0 Å². The highest BCUT2D eigenvalue weighted by atomic mass is 32.2. The van der Waals surface area contributed by atoms with Crippen molar-refractivity contribution in [1.82, 2.24) is 20.1 Å². The van der Waals surface area contributed by atoms with Gasteiger partial charge in [-0.2, -0.15) is 0 Å². The predicted octanol–water partition coefficient (Wildman–Crippen LogP) is 3.94. The maximum atomic E-state index is 12.2. The standard InChI is InChI=1S/C23H28N4O2S/c1-4-27-21(15-29-20-11-10-17(2)18(3)14-20)25-26-23(27)30-16-22(28)24-13-12-19-8-6-5-7-9-19/h5-11,14H,4,12-13,15-16H2,1-3H3,(H,24,28). The number of rotatable bonds is 10. The van der Waals surface area contributed by atoms with Crippen LogP contribution in [0.25, 0.3) is 0 Å². The number of benzene rings is 2. The van der Waals surface area contributed by atoms with E-state index in [1.807, 2.05) is 47.9 Å². The fourth-order valence-corrected chi connectivity index (χ4v) is 3.82. The first-order chi connectivity index (χ1) is 14.6. The molecule has 0 atom stereocenters. The number of ether oxygens (including phenoxy) is 1.